The molecule has 0 radical (unpaired) electrons. The van der Waals surface area contributed by atoms with Crippen LogP contribution >= 0.6 is 0 Å². The van der Waals surface area contributed by atoms with Crippen LogP contribution in [0, 0.1) is 0 Å². The number of sulfonamides is 1. The summed E-state index contributed by atoms with van der Waals surface area (Å²) in [6.45, 7) is 0.545. The van der Waals surface area contributed by atoms with E-state index in [9.17, 15) is 8.42 Å². The summed E-state index contributed by atoms with van der Waals surface area (Å²) in [4.78, 5) is 0. The molecule has 1 aliphatic rings. The summed E-state index contributed by atoms with van der Waals surface area (Å²) in [6, 6.07) is 5.51. The Morgan fingerprint density at radius 1 is 1.35 bits per heavy atom. The lowest BCUT2D eigenvalue weighted by molar-refractivity contribution is 0.418. The zero-order valence-electron chi connectivity index (χ0n) is 14.4. The van der Waals surface area contributed by atoms with Crippen LogP contribution in [0.1, 0.15) is 31.2 Å². The van der Waals surface area contributed by atoms with E-state index in [-0.39, 0.29) is 11.1 Å². The molecule has 1 saturated carbocycles. The zero-order valence-corrected chi connectivity index (χ0v) is 15.2. The fourth-order valence-corrected chi connectivity index (χ4v) is 4.94. The Labute approximate surface area is 151 Å². The van der Waals surface area contributed by atoms with Crippen molar-refractivity contribution in [1.29, 1.82) is 0 Å². The van der Waals surface area contributed by atoms with Gasteiger partial charge < -0.3 is 9.26 Å². The topological polar surface area (TPSA) is 99.2 Å². The summed E-state index contributed by atoms with van der Waals surface area (Å²) in [6.07, 6.45) is 6.79. The third-order valence-electron chi connectivity index (χ3n) is 4.70. The minimum Gasteiger partial charge on any atom is -0.496 e. The van der Waals surface area contributed by atoms with E-state index in [0.29, 0.717) is 36.1 Å². The van der Waals surface area contributed by atoms with E-state index >= 15 is 0 Å². The number of rotatable bonds is 6. The van der Waals surface area contributed by atoms with Gasteiger partial charge in [0.1, 0.15) is 11.1 Å². The number of benzene rings is 1. The van der Waals surface area contributed by atoms with Gasteiger partial charge >= 0.3 is 0 Å². The summed E-state index contributed by atoms with van der Waals surface area (Å²) in [5, 5.41) is 8.26. The van der Waals surface area contributed by atoms with Crippen LogP contribution in [0.25, 0.3) is 11.0 Å². The van der Waals surface area contributed by atoms with Crippen LogP contribution in [0.15, 0.2) is 35.1 Å². The number of fused-ring (bicyclic) bond motifs is 1. The molecule has 8 nitrogen and oxygen atoms in total. The molecule has 1 fully saturated rings. The van der Waals surface area contributed by atoms with E-state index in [0.717, 1.165) is 18.4 Å². The summed E-state index contributed by atoms with van der Waals surface area (Å²) in [5.74, 6) is 0.685. The van der Waals surface area contributed by atoms with Gasteiger partial charge in [0.15, 0.2) is 11.4 Å². The predicted molar refractivity (Wildman–Crippen MR) is 96.7 cm³/mol. The van der Waals surface area contributed by atoms with Gasteiger partial charge in [0, 0.05) is 12.4 Å². The fraction of sp³-hybridized carbons (Fsp3) is 0.412. The SMILES string of the molecule is COc1cc(Cn2cccn2)cc2onc(NS(=O)(=O)C3CCCC3)c12. The monoisotopic (exact) mass is 376 g/mol. The number of anilines is 1. The maximum absolute atomic E-state index is 12.6. The molecule has 1 aliphatic carbocycles. The molecule has 3 aromatic rings. The third-order valence-corrected chi connectivity index (χ3v) is 6.53. The van der Waals surface area contributed by atoms with Gasteiger partial charge in [0.25, 0.3) is 0 Å². The largest absolute Gasteiger partial charge is 0.496 e. The van der Waals surface area contributed by atoms with E-state index in [4.69, 9.17) is 9.26 Å². The van der Waals surface area contributed by atoms with Gasteiger partial charge in [-0.3, -0.25) is 9.40 Å². The highest BCUT2D eigenvalue weighted by atomic mass is 32.2. The number of ether oxygens (including phenoxy) is 1. The molecule has 2 heterocycles. The van der Waals surface area contributed by atoms with Crippen LogP contribution < -0.4 is 9.46 Å². The Hall–Kier alpha value is -2.55. The molecule has 0 atom stereocenters. The average Bonchev–Trinajstić information content (AvgIpc) is 3.36. The van der Waals surface area contributed by atoms with E-state index in [1.165, 1.54) is 7.11 Å². The maximum atomic E-state index is 12.6. The molecule has 2 aromatic heterocycles. The molecule has 4 rings (SSSR count). The smallest absolute Gasteiger partial charge is 0.236 e. The minimum absolute atomic E-state index is 0.175. The first-order valence-corrected chi connectivity index (χ1v) is 10.1. The molecule has 0 bridgehead atoms. The molecule has 0 saturated heterocycles. The Balaban J connectivity index is 1.68. The predicted octanol–water partition coefficient (Wildman–Crippen LogP) is 2.77. The lowest BCUT2D eigenvalue weighted by Crippen LogP contribution is -2.25. The highest BCUT2D eigenvalue weighted by Gasteiger charge is 2.30. The number of aromatic nitrogens is 3. The normalized spacial score (nSPS) is 15.6. The van der Waals surface area contributed by atoms with Crippen molar-refractivity contribution in [3.05, 3.63) is 36.2 Å². The lowest BCUT2D eigenvalue weighted by atomic mass is 10.1. The second kappa shape index (κ2) is 6.64. The summed E-state index contributed by atoms with van der Waals surface area (Å²) in [7, 11) is -1.96. The van der Waals surface area contributed by atoms with Gasteiger partial charge in [0.2, 0.25) is 10.0 Å². The highest BCUT2D eigenvalue weighted by Crippen LogP contribution is 2.35. The van der Waals surface area contributed by atoms with E-state index in [1.807, 2.05) is 24.4 Å². The number of nitrogens with zero attached hydrogens (tertiary/aromatic N) is 3. The fourth-order valence-electron chi connectivity index (χ4n) is 3.41. The van der Waals surface area contributed by atoms with E-state index in [1.54, 1.807) is 10.9 Å². The van der Waals surface area contributed by atoms with Crippen molar-refractivity contribution in [1.82, 2.24) is 14.9 Å². The first-order valence-electron chi connectivity index (χ1n) is 8.52. The second-order valence-electron chi connectivity index (χ2n) is 6.46. The number of nitrogens with one attached hydrogen (secondary N) is 1. The van der Waals surface area contributed by atoms with Crippen molar-refractivity contribution in [2.75, 3.05) is 11.8 Å². The number of methoxy groups -OCH3 is 1. The molecule has 0 unspecified atom stereocenters. The van der Waals surface area contributed by atoms with Crippen LogP contribution in [0.2, 0.25) is 0 Å². The van der Waals surface area contributed by atoms with E-state index in [2.05, 4.69) is 15.0 Å². The second-order valence-corrected chi connectivity index (χ2v) is 8.42. The minimum atomic E-state index is -3.49. The molecular weight excluding hydrogens is 356 g/mol. The molecular formula is C17H20N4O4S. The van der Waals surface area contributed by atoms with Crippen molar-refractivity contribution in [2.45, 2.75) is 37.5 Å². The van der Waals surface area contributed by atoms with Gasteiger partial charge in [-0.05, 0) is 36.6 Å². The van der Waals surface area contributed by atoms with Gasteiger partial charge in [-0.15, -0.1) is 0 Å². The molecule has 0 spiro atoms. The van der Waals surface area contributed by atoms with Crippen molar-refractivity contribution in [3.8, 4) is 5.75 Å². The molecule has 138 valence electrons. The van der Waals surface area contributed by atoms with Crippen molar-refractivity contribution < 1.29 is 17.7 Å². The Kier molecular flexibility index (Phi) is 4.31. The van der Waals surface area contributed by atoms with Gasteiger partial charge in [-0.25, -0.2) is 8.42 Å². The molecule has 0 aliphatic heterocycles. The maximum Gasteiger partial charge on any atom is 0.236 e. The molecule has 9 heteroatoms. The van der Waals surface area contributed by atoms with Crippen molar-refractivity contribution >= 4 is 26.8 Å². The van der Waals surface area contributed by atoms with Gasteiger partial charge in [-0.2, -0.15) is 5.10 Å². The Morgan fingerprint density at radius 3 is 2.85 bits per heavy atom. The van der Waals surface area contributed by atoms with Crippen LogP contribution in [0.3, 0.4) is 0 Å². The summed E-state index contributed by atoms with van der Waals surface area (Å²) < 4.78 is 40.4. The summed E-state index contributed by atoms with van der Waals surface area (Å²) in [5.41, 5.74) is 1.38. The first-order chi connectivity index (χ1) is 12.6. The van der Waals surface area contributed by atoms with Crippen molar-refractivity contribution in [2.24, 2.45) is 0 Å². The number of hydrogen-bond acceptors (Lipinski definition) is 6. The van der Waals surface area contributed by atoms with Crippen LogP contribution in [0.5, 0.6) is 5.75 Å². The standard InChI is InChI=1S/C17H20N4O4S/c1-24-14-9-12(11-21-8-4-7-18-21)10-15-16(14)17(19-25-15)20-26(22,23)13-5-2-3-6-13/h4,7-10,13H,2-3,5-6,11H2,1H3,(H,19,20). The van der Waals surface area contributed by atoms with Crippen LogP contribution in [0.4, 0.5) is 5.82 Å². The van der Waals surface area contributed by atoms with Crippen LogP contribution in [-0.2, 0) is 16.6 Å². The highest BCUT2D eigenvalue weighted by molar-refractivity contribution is 7.93. The third kappa shape index (κ3) is 3.14. The first kappa shape index (κ1) is 16.9. The van der Waals surface area contributed by atoms with Gasteiger partial charge in [0.05, 0.1) is 18.9 Å². The molecule has 1 aromatic carbocycles. The van der Waals surface area contributed by atoms with Crippen molar-refractivity contribution in [3.63, 3.8) is 0 Å². The number of hydrogen-bond donors (Lipinski definition) is 1. The van der Waals surface area contributed by atoms with Gasteiger partial charge in [-0.1, -0.05) is 18.0 Å². The molecule has 0 amide bonds. The quantitative estimate of drug-likeness (QED) is 0.710. The average molecular weight is 376 g/mol. The Morgan fingerprint density at radius 2 is 2.15 bits per heavy atom. The summed E-state index contributed by atoms with van der Waals surface area (Å²) >= 11 is 0. The zero-order chi connectivity index (χ0) is 18.1. The molecule has 1 N–H and O–H groups in total. The lowest BCUT2D eigenvalue weighted by Gasteiger charge is -2.12. The van der Waals surface area contributed by atoms with E-state index < -0.39 is 10.0 Å². The Bertz CT molecular complexity index is 1000. The molecule has 26 heavy (non-hydrogen) atoms. The van der Waals surface area contributed by atoms with Crippen LogP contribution in [-0.4, -0.2) is 35.7 Å².